The van der Waals surface area contributed by atoms with Gasteiger partial charge in [0.15, 0.2) is 11.5 Å². The van der Waals surface area contributed by atoms with Gasteiger partial charge in [0.25, 0.3) is 0 Å². The summed E-state index contributed by atoms with van der Waals surface area (Å²) in [5.41, 5.74) is 2.88. The smallest absolute Gasteiger partial charge is 0.236 e. The molecule has 2 aliphatic rings. The number of methoxy groups -OCH3 is 1. The summed E-state index contributed by atoms with van der Waals surface area (Å²) in [6, 6.07) is 11.7. The van der Waals surface area contributed by atoms with E-state index in [1.165, 1.54) is 19.2 Å². The maximum Gasteiger partial charge on any atom is 0.236 e. The molecule has 4 aromatic rings. The molecule has 1 amide bonds. The molecule has 210 valence electrons. The first-order chi connectivity index (χ1) is 19.6. The first kappa shape index (κ1) is 26.3. The average molecular weight is 545 g/mol. The van der Waals surface area contributed by atoms with E-state index >= 15 is 0 Å². The van der Waals surface area contributed by atoms with Crippen LogP contribution < -0.4 is 14.2 Å². The van der Waals surface area contributed by atoms with Crippen LogP contribution in [0, 0.1) is 6.92 Å². The van der Waals surface area contributed by atoms with Crippen LogP contribution in [0.15, 0.2) is 42.7 Å². The van der Waals surface area contributed by atoms with Gasteiger partial charge in [-0.15, -0.1) is 0 Å². The van der Waals surface area contributed by atoms with Crippen LogP contribution in [0.3, 0.4) is 0 Å². The number of hydrogen-bond donors (Lipinski definition) is 1. The maximum atomic E-state index is 12.6. The van der Waals surface area contributed by atoms with E-state index in [4.69, 9.17) is 14.2 Å². The predicted molar refractivity (Wildman–Crippen MR) is 153 cm³/mol. The summed E-state index contributed by atoms with van der Waals surface area (Å²) in [6.07, 6.45) is 3.91. The summed E-state index contributed by atoms with van der Waals surface area (Å²) in [4.78, 5) is 31.4. The Hall–Kier alpha value is -3.89. The van der Waals surface area contributed by atoms with Crippen LogP contribution in [0.25, 0.3) is 21.8 Å². The van der Waals surface area contributed by atoms with Crippen LogP contribution in [0.4, 0.5) is 0 Å². The number of likely N-dealkylation sites (tertiary alicyclic amines) is 1. The molecule has 10 nitrogen and oxygen atoms in total. The number of piperazine rings is 1. The molecule has 2 saturated heterocycles. The summed E-state index contributed by atoms with van der Waals surface area (Å²) >= 11 is 0. The number of fused-ring (bicyclic) bond motifs is 2. The highest BCUT2D eigenvalue weighted by molar-refractivity contribution is 5.87. The number of carbonyl (C=O) groups is 1. The SMILES string of the molecule is COc1cc2c(Oc3ccc4[nH]c(C)cc4c3)ncnc2cc1OCCN1CCN(C(=O)CN2CCCC2)CC1. The lowest BCUT2D eigenvalue weighted by atomic mass is 10.2. The second-order valence-electron chi connectivity index (χ2n) is 10.6. The Labute approximate surface area is 233 Å². The molecule has 0 unspecified atom stereocenters. The van der Waals surface area contributed by atoms with Gasteiger partial charge in [0.1, 0.15) is 18.7 Å². The summed E-state index contributed by atoms with van der Waals surface area (Å²) in [5.74, 6) is 2.64. The normalized spacial score (nSPS) is 16.6. The number of rotatable bonds is 9. The number of H-pyrrole nitrogens is 1. The molecule has 0 bridgehead atoms. The number of carbonyl (C=O) groups excluding carboxylic acids is 1. The zero-order valence-electron chi connectivity index (χ0n) is 23.2. The summed E-state index contributed by atoms with van der Waals surface area (Å²) in [7, 11) is 1.62. The molecular weight excluding hydrogens is 508 g/mol. The molecule has 0 atom stereocenters. The van der Waals surface area contributed by atoms with Gasteiger partial charge in [0.05, 0.1) is 24.6 Å². The van der Waals surface area contributed by atoms with Gasteiger partial charge in [0, 0.05) is 55.4 Å². The maximum absolute atomic E-state index is 12.6. The molecule has 0 aliphatic carbocycles. The summed E-state index contributed by atoms with van der Waals surface area (Å²) in [5, 5.41) is 1.82. The molecule has 0 saturated carbocycles. The number of aryl methyl sites for hydroxylation is 1. The van der Waals surface area contributed by atoms with E-state index in [0.717, 1.165) is 67.8 Å². The number of ether oxygens (including phenoxy) is 3. The third kappa shape index (κ3) is 5.83. The quantitative estimate of drug-likeness (QED) is 0.340. The molecule has 40 heavy (non-hydrogen) atoms. The Morgan fingerprint density at radius 2 is 1.77 bits per heavy atom. The highest BCUT2D eigenvalue weighted by Crippen LogP contribution is 2.36. The van der Waals surface area contributed by atoms with Crippen molar-refractivity contribution >= 4 is 27.7 Å². The van der Waals surface area contributed by atoms with E-state index in [0.29, 0.717) is 41.8 Å². The van der Waals surface area contributed by atoms with E-state index in [9.17, 15) is 4.79 Å². The molecule has 10 heteroatoms. The number of benzene rings is 2. The Morgan fingerprint density at radius 3 is 2.58 bits per heavy atom. The average Bonchev–Trinajstić information content (AvgIpc) is 3.61. The zero-order chi connectivity index (χ0) is 27.5. The van der Waals surface area contributed by atoms with Crippen LogP contribution >= 0.6 is 0 Å². The van der Waals surface area contributed by atoms with Crippen molar-refractivity contribution in [3.8, 4) is 23.1 Å². The fourth-order valence-electron chi connectivity index (χ4n) is 5.56. The fourth-order valence-corrected chi connectivity index (χ4v) is 5.56. The largest absolute Gasteiger partial charge is 0.493 e. The molecule has 0 radical (unpaired) electrons. The van der Waals surface area contributed by atoms with Crippen molar-refractivity contribution in [3.05, 3.63) is 48.4 Å². The van der Waals surface area contributed by atoms with Crippen LogP contribution in [0.2, 0.25) is 0 Å². The fraction of sp³-hybridized carbons (Fsp3) is 0.433. The van der Waals surface area contributed by atoms with E-state index < -0.39 is 0 Å². The van der Waals surface area contributed by atoms with Gasteiger partial charge in [-0.2, -0.15) is 0 Å². The number of hydrogen-bond acceptors (Lipinski definition) is 8. The predicted octanol–water partition coefficient (Wildman–Crippen LogP) is 3.84. The minimum absolute atomic E-state index is 0.254. The third-order valence-corrected chi connectivity index (χ3v) is 7.77. The molecule has 2 fully saturated rings. The molecule has 6 rings (SSSR count). The van der Waals surface area contributed by atoms with Crippen molar-refractivity contribution in [1.29, 1.82) is 0 Å². The van der Waals surface area contributed by atoms with Gasteiger partial charge < -0.3 is 24.1 Å². The lowest BCUT2D eigenvalue weighted by Gasteiger charge is -2.35. The van der Waals surface area contributed by atoms with Crippen molar-refractivity contribution in [1.82, 2.24) is 29.7 Å². The van der Waals surface area contributed by atoms with Gasteiger partial charge >= 0.3 is 0 Å². The summed E-state index contributed by atoms with van der Waals surface area (Å²) in [6.45, 7) is 9.20. The monoisotopic (exact) mass is 544 g/mol. The Bertz CT molecular complexity index is 1490. The van der Waals surface area contributed by atoms with Gasteiger partial charge in [-0.3, -0.25) is 14.6 Å². The van der Waals surface area contributed by atoms with E-state index in [1.807, 2.05) is 42.2 Å². The van der Waals surface area contributed by atoms with Gasteiger partial charge in [-0.05, 0) is 63.2 Å². The molecule has 0 spiro atoms. The highest BCUT2D eigenvalue weighted by Gasteiger charge is 2.24. The first-order valence-corrected chi connectivity index (χ1v) is 14.0. The third-order valence-electron chi connectivity index (χ3n) is 7.77. The second-order valence-corrected chi connectivity index (χ2v) is 10.6. The molecule has 2 aromatic carbocycles. The minimum Gasteiger partial charge on any atom is -0.493 e. The van der Waals surface area contributed by atoms with Crippen LogP contribution in [-0.4, -0.2) is 102 Å². The number of nitrogens with one attached hydrogen (secondary N) is 1. The molecular formula is C30H36N6O4. The minimum atomic E-state index is 0.254. The lowest BCUT2D eigenvalue weighted by molar-refractivity contribution is -0.133. The van der Waals surface area contributed by atoms with E-state index in [2.05, 4.69) is 30.8 Å². The Morgan fingerprint density at radius 1 is 0.950 bits per heavy atom. The molecule has 2 aromatic heterocycles. The van der Waals surface area contributed by atoms with Gasteiger partial charge in [-0.1, -0.05) is 0 Å². The summed E-state index contributed by atoms with van der Waals surface area (Å²) < 4.78 is 18.0. The Balaban J connectivity index is 1.06. The standard InChI is InChI=1S/C30H36N6O4/c1-21-15-22-16-23(5-6-25(22)33-21)40-30-24-17-27(38-2)28(18-26(24)31-20-32-30)39-14-13-34-9-11-36(12-10-34)29(37)19-35-7-3-4-8-35/h5-6,15-18,20,33H,3-4,7-14,19H2,1-2H3. The first-order valence-electron chi connectivity index (χ1n) is 14.0. The lowest BCUT2D eigenvalue weighted by Crippen LogP contribution is -2.51. The van der Waals surface area contributed by atoms with Crippen LogP contribution in [0.5, 0.6) is 23.1 Å². The van der Waals surface area contributed by atoms with Crippen molar-refractivity contribution in [2.24, 2.45) is 0 Å². The molecule has 4 heterocycles. The topological polar surface area (TPSA) is 96.0 Å². The van der Waals surface area contributed by atoms with E-state index in [1.54, 1.807) is 7.11 Å². The number of nitrogens with zero attached hydrogens (tertiary/aromatic N) is 5. The van der Waals surface area contributed by atoms with Crippen molar-refractivity contribution in [3.63, 3.8) is 0 Å². The van der Waals surface area contributed by atoms with Crippen molar-refractivity contribution in [2.45, 2.75) is 19.8 Å². The van der Waals surface area contributed by atoms with Crippen molar-refractivity contribution in [2.75, 3.05) is 66.1 Å². The highest BCUT2D eigenvalue weighted by atomic mass is 16.5. The van der Waals surface area contributed by atoms with E-state index in [-0.39, 0.29) is 5.91 Å². The van der Waals surface area contributed by atoms with Gasteiger partial charge in [-0.25, -0.2) is 9.97 Å². The van der Waals surface area contributed by atoms with Crippen LogP contribution in [0.1, 0.15) is 18.5 Å². The molecule has 2 aliphatic heterocycles. The van der Waals surface area contributed by atoms with Gasteiger partial charge in [0.2, 0.25) is 11.8 Å². The van der Waals surface area contributed by atoms with Crippen LogP contribution in [-0.2, 0) is 4.79 Å². The van der Waals surface area contributed by atoms with Crippen molar-refractivity contribution < 1.29 is 19.0 Å². The number of aromatic nitrogens is 3. The zero-order valence-corrected chi connectivity index (χ0v) is 23.2. The number of aromatic amines is 1. The second kappa shape index (κ2) is 11.7. The Kier molecular flexibility index (Phi) is 7.70. The number of amides is 1. The molecule has 1 N–H and O–H groups in total.